The van der Waals surface area contributed by atoms with Gasteiger partial charge in [0.2, 0.25) is 0 Å². The highest BCUT2D eigenvalue weighted by molar-refractivity contribution is 5.68. The predicted molar refractivity (Wildman–Crippen MR) is 62.5 cm³/mol. The zero-order valence-electron chi connectivity index (χ0n) is 11.3. The van der Waals surface area contributed by atoms with Crippen LogP contribution in [0.3, 0.4) is 0 Å². The molecule has 1 amide bonds. The predicted octanol–water partition coefficient (Wildman–Crippen LogP) is 3.02. The van der Waals surface area contributed by atoms with Gasteiger partial charge >= 0.3 is 12.2 Å². The molecule has 106 valence electrons. The van der Waals surface area contributed by atoms with Gasteiger partial charge in [-0.15, -0.1) is 0 Å². The quantitative estimate of drug-likeness (QED) is 0.787. The van der Waals surface area contributed by atoms with Crippen LogP contribution < -0.4 is 0 Å². The first-order valence-electron chi connectivity index (χ1n) is 6.10. The van der Waals surface area contributed by atoms with Gasteiger partial charge in [0, 0.05) is 13.5 Å². The van der Waals surface area contributed by atoms with E-state index >= 15 is 0 Å². The van der Waals surface area contributed by atoms with E-state index < -0.39 is 17.8 Å². The molecule has 0 unspecified atom stereocenters. The largest absolute Gasteiger partial charge is 0.444 e. The molecule has 0 aliphatic carbocycles. The Labute approximate surface area is 106 Å². The molecule has 1 fully saturated rings. The number of halogens is 2. The molecule has 4 nitrogen and oxygen atoms in total. The molecule has 0 N–H and O–H groups in total. The molecule has 1 heterocycles. The van der Waals surface area contributed by atoms with Gasteiger partial charge in [0.1, 0.15) is 5.60 Å². The van der Waals surface area contributed by atoms with E-state index in [0.717, 1.165) is 6.42 Å². The lowest BCUT2D eigenvalue weighted by molar-refractivity contribution is -0.229. The van der Waals surface area contributed by atoms with E-state index in [-0.39, 0.29) is 12.6 Å². The number of carbonyl (C=O) groups excluding carboxylic acids is 1. The number of carbonyl (C=O) groups is 1. The standard InChI is InChI=1S/C12H21F2NO3/c1-11(2,3)18-10(16)15-7-5-6-9(15)8-17-12(4,13)14/h9H,5-8H2,1-4H3/t9-/m0/s1. The summed E-state index contributed by atoms with van der Waals surface area (Å²) in [5.74, 6) is 0. The third kappa shape index (κ3) is 5.16. The molecule has 0 aromatic heterocycles. The van der Waals surface area contributed by atoms with Gasteiger partial charge in [0.15, 0.2) is 0 Å². The van der Waals surface area contributed by atoms with Crippen molar-refractivity contribution in [3.63, 3.8) is 0 Å². The lowest BCUT2D eigenvalue weighted by Crippen LogP contribution is -2.42. The molecule has 1 saturated heterocycles. The molecule has 6 heteroatoms. The van der Waals surface area contributed by atoms with Crippen molar-refractivity contribution in [3.8, 4) is 0 Å². The van der Waals surface area contributed by atoms with Gasteiger partial charge in [0.05, 0.1) is 12.6 Å². The van der Waals surface area contributed by atoms with Crippen molar-refractivity contribution >= 4 is 6.09 Å². The smallest absolute Gasteiger partial charge is 0.410 e. The van der Waals surface area contributed by atoms with Crippen LogP contribution in [0.15, 0.2) is 0 Å². The van der Waals surface area contributed by atoms with Crippen molar-refractivity contribution in [2.24, 2.45) is 0 Å². The van der Waals surface area contributed by atoms with Crippen LogP contribution in [0.4, 0.5) is 13.6 Å². The molecule has 1 rings (SSSR count). The van der Waals surface area contributed by atoms with Gasteiger partial charge in [-0.05, 0) is 33.6 Å². The van der Waals surface area contributed by atoms with Crippen molar-refractivity contribution < 1.29 is 23.0 Å². The minimum atomic E-state index is -3.16. The Morgan fingerprint density at radius 2 is 1.94 bits per heavy atom. The molecule has 1 aliphatic heterocycles. The maximum atomic E-state index is 12.6. The van der Waals surface area contributed by atoms with E-state index in [1.54, 1.807) is 20.8 Å². The molecule has 0 saturated carbocycles. The van der Waals surface area contributed by atoms with E-state index in [9.17, 15) is 13.6 Å². The first-order valence-corrected chi connectivity index (χ1v) is 6.10. The fourth-order valence-electron chi connectivity index (χ4n) is 1.81. The van der Waals surface area contributed by atoms with Gasteiger partial charge in [-0.3, -0.25) is 0 Å². The van der Waals surface area contributed by atoms with Crippen LogP contribution in [0.1, 0.15) is 40.5 Å². The second-order valence-electron chi connectivity index (χ2n) is 5.59. The van der Waals surface area contributed by atoms with Crippen LogP contribution in [0, 0.1) is 0 Å². The van der Waals surface area contributed by atoms with E-state index in [2.05, 4.69) is 4.74 Å². The molecule has 1 atom stereocenters. The molecule has 0 bridgehead atoms. The first kappa shape index (κ1) is 15.1. The number of hydrogen-bond acceptors (Lipinski definition) is 3. The number of ether oxygens (including phenoxy) is 2. The topological polar surface area (TPSA) is 38.8 Å². The van der Waals surface area contributed by atoms with E-state index in [1.807, 2.05) is 0 Å². The van der Waals surface area contributed by atoms with Gasteiger partial charge in [-0.2, -0.15) is 8.78 Å². The minimum absolute atomic E-state index is 0.164. The molecule has 0 aromatic carbocycles. The number of alkyl halides is 2. The number of rotatable bonds is 3. The van der Waals surface area contributed by atoms with E-state index in [1.165, 1.54) is 4.90 Å². The zero-order chi connectivity index (χ0) is 14.0. The second kappa shape index (κ2) is 5.38. The lowest BCUT2D eigenvalue weighted by atomic mass is 10.2. The Morgan fingerprint density at radius 3 is 2.44 bits per heavy atom. The molecular formula is C12H21F2NO3. The number of likely N-dealkylation sites (tertiary alicyclic amines) is 1. The zero-order valence-corrected chi connectivity index (χ0v) is 11.3. The summed E-state index contributed by atoms with van der Waals surface area (Å²) in [6.07, 6.45) is -2.19. The second-order valence-corrected chi connectivity index (χ2v) is 5.59. The highest BCUT2D eigenvalue weighted by atomic mass is 19.3. The molecular weight excluding hydrogens is 244 g/mol. The monoisotopic (exact) mass is 265 g/mol. The normalized spacial score (nSPS) is 21.2. The summed E-state index contributed by atoms with van der Waals surface area (Å²) < 4.78 is 34.9. The maximum absolute atomic E-state index is 12.6. The van der Waals surface area contributed by atoms with Gasteiger partial charge in [0.25, 0.3) is 0 Å². The molecule has 0 radical (unpaired) electrons. The Kier molecular flexibility index (Phi) is 4.53. The minimum Gasteiger partial charge on any atom is -0.444 e. The van der Waals surface area contributed by atoms with Gasteiger partial charge in [-0.1, -0.05) is 0 Å². The van der Waals surface area contributed by atoms with E-state index in [0.29, 0.717) is 19.9 Å². The van der Waals surface area contributed by atoms with Crippen LogP contribution in [0.2, 0.25) is 0 Å². The summed E-state index contributed by atoms with van der Waals surface area (Å²) in [6.45, 7) is 6.37. The van der Waals surface area contributed by atoms with Crippen molar-refractivity contribution in [1.82, 2.24) is 4.90 Å². The van der Waals surface area contributed by atoms with E-state index in [4.69, 9.17) is 4.74 Å². The van der Waals surface area contributed by atoms with Gasteiger partial charge in [-0.25, -0.2) is 4.79 Å². The maximum Gasteiger partial charge on any atom is 0.410 e. The van der Waals surface area contributed by atoms with Crippen molar-refractivity contribution in [2.75, 3.05) is 13.2 Å². The van der Waals surface area contributed by atoms with Crippen molar-refractivity contribution in [2.45, 2.75) is 58.3 Å². The number of hydrogen-bond donors (Lipinski definition) is 0. The Morgan fingerprint density at radius 1 is 1.33 bits per heavy atom. The van der Waals surface area contributed by atoms with Crippen molar-refractivity contribution in [1.29, 1.82) is 0 Å². The van der Waals surface area contributed by atoms with Gasteiger partial charge < -0.3 is 14.4 Å². The fraction of sp³-hybridized carbons (Fsp3) is 0.917. The third-order valence-electron chi connectivity index (χ3n) is 2.53. The summed E-state index contributed by atoms with van der Waals surface area (Å²) in [5, 5.41) is 0. The molecule has 18 heavy (non-hydrogen) atoms. The lowest BCUT2D eigenvalue weighted by Gasteiger charge is -2.29. The van der Waals surface area contributed by atoms with Crippen LogP contribution in [0.25, 0.3) is 0 Å². The average molecular weight is 265 g/mol. The van der Waals surface area contributed by atoms with Crippen LogP contribution in [0.5, 0.6) is 0 Å². The first-order chi connectivity index (χ1) is 8.08. The SMILES string of the molecule is CC(C)(C)OC(=O)N1CCC[C@H]1COC(C)(F)F. The summed E-state index contributed by atoms with van der Waals surface area (Å²) in [5.41, 5.74) is -0.584. The molecule has 0 aromatic rings. The average Bonchev–Trinajstić information content (AvgIpc) is 2.58. The Hall–Kier alpha value is -0.910. The van der Waals surface area contributed by atoms with Crippen molar-refractivity contribution in [3.05, 3.63) is 0 Å². The summed E-state index contributed by atoms with van der Waals surface area (Å²) in [7, 11) is 0. The Bertz CT molecular complexity index is 297. The van der Waals surface area contributed by atoms with Crippen LogP contribution >= 0.6 is 0 Å². The highest BCUT2D eigenvalue weighted by Crippen LogP contribution is 2.23. The number of nitrogens with zero attached hydrogens (tertiary/aromatic N) is 1. The summed E-state index contributed by atoms with van der Waals surface area (Å²) >= 11 is 0. The summed E-state index contributed by atoms with van der Waals surface area (Å²) in [6, 6.07) is -0.328. The van der Waals surface area contributed by atoms with Crippen LogP contribution in [-0.2, 0) is 9.47 Å². The fourth-order valence-corrected chi connectivity index (χ4v) is 1.81. The highest BCUT2D eigenvalue weighted by Gasteiger charge is 2.34. The third-order valence-corrected chi connectivity index (χ3v) is 2.53. The Balaban J connectivity index is 2.51. The number of amides is 1. The molecule has 1 aliphatic rings. The van der Waals surface area contributed by atoms with Crippen LogP contribution in [-0.4, -0.2) is 41.9 Å². The summed E-state index contributed by atoms with van der Waals surface area (Å²) in [4.78, 5) is 13.3. The molecule has 0 spiro atoms.